The zero-order valence-corrected chi connectivity index (χ0v) is 6.75. The van der Waals surface area contributed by atoms with E-state index in [0.29, 0.717) is 16.4 Å². The number of benzene rings is 1. The molecular weight excluding hydrogens is 171 g/mol. The van der Waals surface area contributed by atoms with E-state index in [4.69, 9.17) is 23.1 Å². The van der Waals surface area contributed by atoms with Crippen molar-refractivity contribution in [1.82, 2.24) is 0 Å². The Hall–Kier alpha value is -0.600. The largest absolute Gasteiger partial charge is 0.399 e. The van der Waals surface area contributed by atoms with Crippen LogP contribution in [0.5, 0.6) is 0 Å². The fourth-order valence-electron chi connectivity index (χ4n) is 0.562. The van der Waals surface area contributed by atoms with Gasteiger partial charge in [0.25, 0.3) is 0 Å². The van der Waals surface area contributed by atoms with E-state index in [9.17, 15) is 0 Å². The SMILES string of the molecule is Cl.Nc1ccc(Cl)c(N)c1. The van der Waals surface area contributed by atoms with Crippen molar-refractivity contribution in [2.24, 2.45) is 0 Å². The third-order valence-electron chi connectivity index (χ3n) is 1.02. The summed E-state index contributed by atoms with van der Waals surface area (Å²) in [6.07, 6.45) is 0. The van der Waals surface area contributed by atoms with Crippen LogP contribution < -0.4 is 11.5 Å². The minimum absolute atomic E-state index is 0. The summed E-state index contributed by atoms with van der Waals surface area (Å²) in [7, 11) is 0. The van der Waals surface area contributed by atoms with Crippen LogP contribution in [0.1, 0.15) is 0 Å². The van der Waals surface area contributed by atoms with Gasteiger partial charge in [0.1, 0.15) is 0 Å². The second-order valence-corrected chi connectivity index (χ2v) is 2.19. The Labute approximate surface area is 70.6 Å². The maximum Gasteiger partial charge on any atom is 0.0636 e. The number of rotatable bonds is 0. The summed E-state index contributed by atoms with van der Waals surface area (Å²) in [6, 6.07) is 5.01. The van der Waals surface area contributed by atoms with E-state index in [-0.39, 0.29) is 12.4 Å². The predicted molar refractivity (Wildman–Crippen MR) is 47.5 cm³/mol. The van der Waals surface area contributed by atoms with Crippen molar-refractivity contribution in [3.63, 3.8) is 0 Å². The Morgan fingerprint density at radius 1 is 1.20 bits per heavy atom. The summed E-state index contributed by atoms with van der Waals surface area (Å²) in [4.78, 5) is 0. The minimum Gasteiger partial charge on any atom is -0.399 e. The standard InChI is InChI=1S/C6H7ClN2.ClH/c7-5-2-1-4(8)3-6(5)9;/h1-3H,8-9H2;1H. The Morgan fingerprint density at radius 3 is 2.20 bits per heavy atom. The van der Waals surface area contributed by atoms with Crippen molar-refractivity contribution in [1.29, 1.82) is 0 Å². The molecule has 0 saturated carbocycles. The molecule has 0 fully saturated rings. The van der Waals surface area contributed by atoms with Gasteiger partial charge in [-0.15, -0.1) is 12.4 Å². The topological polar surface area (TPSA) is 52.0 Å². The van der Waals surface area contributed by atoms with E-state index < -0.39 is 0 Å². The average molecular weight is 179 g/mol. The maximum absolute atomic E-state index is 5.60. The lowest BCUT2D eigenvalue weighted by molar-refractivity contribution is 1.66. The molecule has 56 valence electrons. The van der Waals surface area contributed by atoms with E-state index in [1.807, 2.05) is 0 Å². The molecule has 1 aromatic carbocycles. The van der Waals surface area contributed by atoms with Crippen molar-refractivity contribution >= 4 is 35.4 Å². The van der Waals surface area contributed by atoms with Crippen LogP contribution in [0.15, 0.2) is 18.2 Å². The molecule has 0 amide bonds. The molecule has 4 N–H and O–H groups in total. The molecule has 0 aliphatic heterocycles. The molecule has 1 aromatic rings. The van der Waals surface area contributed by atoms with E-state index in [2.05, 4.69) is 0 Å². The second kappa shape index (κ2) is 3.54. The molecule has 0 atom stereocenters. The molecule has 10 heavy (non-hydrogen) atoms. The van der Waals surface area contributed by atoms with E-state index >= 15 is 0 Å². The zero-order chi connectivity index (χ0) is 6.85. The summed E-state index contributed by atoms with van der Waals surface area (Å²) in [5.74, 6) is 0. The van der Waals surface area contributed by atoms with Gasteiger partial charge in [-0.1, -0.05) is 11.6 Å². The molecule has 0 radical (unpaired) electrons. The minimum atomic E-state index is 0. The van der Waals surface area contributed by atoms with Crippen LogP contribution in [-0.4, -0.2) is 0 Å². The van der Waals surface area contributed by atoms with Crippen LogP contribution in [0.25, 0.3) is 0 Å². The van der Waals surface area contributed by atoms with Gasteiger partial charge < -0.3 is 11.5 Å². The Balaban J connectivity index is 0.000000810. The Kier molecular flexibility index (Phi) is 3.33. The van der Waals surface area contributed by atoms with Gasteiger partial charge in [0, 0.05) is 5.69 Å². The number of nitrogens with two attached hydrogens (primary N) is 2. The van der Waals surface area contributed by atoms with E-state index in [1.165, 1.54) is 0 Å². The smallest absolute Gasteiger partial charge is 0.0636 e. The number of nitrogen functional groups attached to an aromatic ring is 2. The molecule has 0 saturated heterocycles. The molecule has 0 aromatic heterocycles. The molecule has 2 nitrogen and oxygen atoms in total. The van der Waals surface area contributed by atoms with Gasteiger partial charge in [-0.25, -0.2) is 0 Å². The van der Waals surface area contributed by atoms with Crippen molar-refractivity contribution in [2.75, 3.05) is 11.5 Å². The molecule has 1 rings (SSSR count). The number of halogens is 2. The molecule has 0 spiro atoms. The summed E-state index contributed by atoms with van der Waals surface area (Å²) < 4.78 is 0. The van der Waals surface area contributed by atoms with Crippen LogP contribution in [0, 0.1) is 0 Å². The van der Waals surface area contributed by atoms with Crippen LogP contribution in [-0.2, 0) is 0 Å². The lowest BCUT2D eigenvalue weighted by atomic mass is 10.3. The Bertz CT molecular complexity index is 225. The van der Waals surface area contributed by atoms with Gasteiger partial charge in [-0.05, 0) is 18.2 Å². The van der Waals surface area contributed by atoms with Crippen molar-refractivity contribution in [2.45, 2.75) is 0 Å². The molecule has 0 heterocycles. The quantitative estimate of drug-likeness (QED) is 0.597. The lowest BCUT2D eigenvalue weighted by Gasteiger charge is -1.96. The maximum atomic E-state index is 5.60. The van der Waals surface area contributed by atoms with Gasteiger partial charge in [0.2, 0.25) is 0 Å². The second-order valence-electron chi connectivity index (χ2n) is 1.78. The van der Waals surface area contributed by atoms with Gasteiger partial charge >= 0.3 is 0 Å². The molecule has 0 bridgehead atoms. The van der Waals surface area contributed by atoms with Gasteiger partial charge in [-0.2, -0.15) is 0 Å². The third kappa shape index (κ3) is 1.97. The summed E-state index contributed by atoms with van der Waals surface area (Å²) >= 11 is 5.60. The number of hydrogen-bond donors (Lipinski definition) is 2. The van der Waals surface area contributed by atoms with Crippen molar-refractivity contribution in [3.8, 4) is 0 Å². The van der Waals surface area contributed by atoms with Crippen LogP contribution in [0.3, 0.4) is 0 Å². The molecule has 0 unspecified atom stereocenters. The van der Waals surface area contributed by atoms with Gasteiger partial charge in [0.15, 0.2) is 0 Å². The van der Waals surface area contributed by atoms with Crippen molar-refractivity contribution < 1.29 is 0 Å². The Morgan fingerprint density at radius 2 is 1.80 bits per heavy atom. The molecule has 4 heteroatoms. The van der Waals surface area contributed by atoms with Crippen LogP contribution in [0.4, 0.5) is 11.4 Å². The third-order valence-corrected chi connectivity index (χ3v) is 1.36. The highest BCUT2D eigenvalue weighted by Gasteiger charge is 1.92. The first-order valence-corrected chi connectivity index (χ1v) is 2.88. The van der Waals surface area contributed by atoms with Crippen LogP contribution in [0.2, 0.25) is 5.02 Å². The first-order chi connectivity index (χ1) is 4.20. The summed E-state index contributed by atoms with van der Waals surface area (Å²) in [5.41, 5.74) is 12.0. The monoisotopic (exact) mass is 178 g/mol. The van der Waals surface area contributed by atoms with E-state index in [0.717, 1.165) is 0 Å². The fourth-order valence-corrected chi connectivity index (χ4v) is 0.680. The van der Waals surface area contributed by atoms with E-state index in [1.54, 1.807) is 18.2 Å². The van der Waals surface area contributed by atoms with Crippen LogP contribution >= 0.6 is 24.0 Å². The number of anilines is 2. The number of hydrogen-bond acceptors (Lipinski definition) is 2. The normalized spacial score (nSPS) is 8.50. The first-order valence-electron chi connectivity index (χ1n) is 2.50. The lowest BCUT2D eigenvalue weighted by Crippen LogP contribution is -1.89. The summed E-state index contributed by atoms with van der Waals surface area (Å²) in [6.45, 7) is 0. The summed E-state index contributed by atoms with van der Waals surface area (Å²) in [5, 5.41) is 0.546. The predicted octanol–water partition coefficient (Wildman–Crippen LogP) is 1.93. The highest BCUT2D eigenvalue weighted by Crippen LogP contribution is 2.19. The highest BCUT2D eigenvalue weighted by atomic mass is 35.5. The zero-order valence-electron chi connectivity index (χ0n) is 5.17. The first kappa shape index (κ1) is 9.40. The fraction of sp³-hybridized carbons (Fsp3) is 0. The average Bonchev–Trinajstić information content (AvgIpc) is 1.80. The van der Waals surface area contributed by atoms with Crippen molar-refractivity contribution in [3.05, 3.63) is 23.2 Å². The van der Waals surface area contributed by atoms with Gasteiger partial charge in [-0.3, -0.25) is 0 Å². The molecular formula is C6H8Cl2N2. The highest BCUT2D eigenvalue weighted by molar-refractivity contribution is 6.33. The van der Waals surface area contributed by atoms with Gasteiger partial charge in [0.05, 0.1) is 10.7 Å². The molecule has 0 aliphatic carbocycles. The molecule has 0 aliphatic rings.